The van der Waals surface area contributed by atoms with Crippen molar-refractivity contribution in [3.63, 3.8) is 0 Å². The van der Waals surface area contributed by atoms with Gasteiger partial charge in [0.2, 0.25) is 0 Å². The smallest absolute Gasteiger partial charge is 0.126 e. The second kappa shape index (κ2) is 23.2. The minimum Gasteiger partial charge on any atom is -0.491 e. The van der Waals surface area contributed by atoms with Crippen LogP contribution in [0.25, 0.3) is 0 Å². The van der Waals surface area contributed by atoms with Gasteiger partial charge in [-0.05, 0) is 70.2 Å². The highest BCUT2D eigenvalue weighted by molar-refractivity contribution is 5.45. The quantitative estimate of drug-likeness (QED) is 0.0771. The van der Waals surface area contributed by atoms with E-state index in [1.165, 1.54) is 22.3 Å². The molecule has 0 aliphatic rings. The molecule has 0 saturated carbocycles. The summed E-state index contributed by atoms with van der Waals surface area (Å²) in [5, 5.41) is 0. The first kappa shape index (κ1) is 41.1. The Bertz CT molecular complexity index is 1180. The van der Waals surface area contributed by atoms with E-state index in [-0.39, 0.29) is 0 Å². The SMILES string of the molecule is CC(C)c1cccc(C(C)C)c1OCCOCCOCCOc1ccc(OCCOCCOCCOc2c(C(C)C)cccc2C(C)C)cc1. The molecule has 3 aromatic carbocycles. The highest BCUT2D eigenvalue weighted by Crippen LogP contribution is 2.35. The minimum absolute atomic E-state index is 0.406. The largest absolute Gasteiger partial charge is 0.491 e. The molecule has 0 radical (unpaired) electrons. The van der Waals surface area contributed by atoms with Crippen molar-refractivity contribution < 1.29 is 37.9 Å². The number of para-hydroxylation sites is 2. The van der Waals surface area contributed by atoms with Gasteiger partial charge in [-0.3, -0.25) is 0 Å². The number of benzene rings is 3. The van der Waals surface area contributed by atoms with Gasteiger partial charge in [-0.25, -0.2) is 0 Å². The first-order valence-corrected chi connectivity index (χ1v) is 18.4. The van der Waals surface area contributed by atoms with E-state index in [2.05, 4.69) is 91.8 Å². The molecule has 3 aromatic rings. The van der Waals surface area contributed by atoms with Crippen molar-refractivity contribution in [1.29, 1.82) is 0 Å². The number of ether oxygens (including phenoxy) is 8. The molecular weight excluding hydrogens is 632 g/mol. The van der Waals surface area contributed by atoms with Crippen LogP contribution in [-0.2, 0) is 18.9 Å². The Morgan fingerprint density at radius 3 is 0.820 bits per heavy atom. The van der Waals surface area contributed by atoms with Crippen LogP contribution in [0.15, 0.2) is 60.7 Å². The zero-order chi connectivity index (χ0) is 36.1. The molecule has 0 aliphatic carbocycles. The zero-order valence-corrected chi connectivity index (χ0v) is 31.8. The Labute approximate surface area is 301 Å². The summed E-state index contributed by atoms with van der Waals surface area (Å²) in [7, 11) is 0. The molecule has 0 unspecified atom stereocenters. The second-order valence-corrected chi connectivity index (χ2v) is 13.5. The van der Waals surface area contributed by atoms with Gasteiger partial charge >= 0.3 is 0 Å². The van der Waals surface area contributed by atoms with Crippen molar-refractivity contribution in [3.05, 3.63) is 82.9 Å². The summed E-state index contributed by atoms with van der Waals surface area (Å²) in [5.41, 5.74) is 4.97. The third-order valence-electron chi connectivity index (χ3n) is 8.15. The highest BCUT2D eigenvalue weighted by Gasteiger charge is 2.16. The van der Waals surface area contributed by atoms with E-state index in [0.29, 0.717) is 103 Å². The molecule has 3 rings (SSSR count). The number of hydrogen-bond acceptors (Lipinski definition) is 8. The molecular formula is C42H62O8. The van der Waals surface area contributed by atoms with E-state index in [0.717, 1.165) is 23.0 Å². The van der Waals surface area contributed by atoms with Crippen molar-refractivity contribution >= 4 is 0 Å². The normalized spacial score (nSPS) is 11.6. The molecule has 0 amide bonds. The van der Waals surface area contributed by atoms with E-state index in [1.807, 2.05) is 24.3 Å². The molecule has 0 heterocycles. The summed E-state index contributed by atoms with van der Waals surface area (Å²) in [4.78, 5) is 0. The van der Waals surface area contributed by atoms with Gasteiger partial charge in [0.15, 0.2) is 0 Å². The lowest BCUT2D eigenvalue weighted by Gasteiger charge is -2.20. The van der Waals surface area contributed by atoms with Crippen molar-refractivity contribution in [1.82, 2.24) is 0 Å². The molecule has 0 aromatic heterocycles. The molecule has 0 atom stereocenters. The van der Waals surface area contributed by atoms with Gasteiger partial charge in [0.1, 0.15) is 49.4 Å². The van der Waals surface area contributed by atoms with E-state index in [4.69, 9.17) is 37.9 Å². The lowest BCUT2D eigenvalue weighted by Crippen LogP contribution is -2.14. The third kappa shape index (κ3) is 14.5. The fraction of sp³-hybridized carbons (Fsp3) is 0.571. The molecule has 50 heavy (non-hydrogen) atoms. The van der Waals surface area contributed by atoms with Crippen LogP contribution >= 0.6 is 0 Å². The molecule has 0 aliphatic heterocycles. The standard InChI is InChI=1S/C42H62O8/c1-31(2)37-11-9-12-38(32(3)4)41(37)49-29-25-45-21-19-43-23-27-47-35-15-17-36(18-16-35)48-28-24-44-20-22-46-26-30-50-42-39(33(5)6)13-10-14-40(42)34(7)8/h9-18,31-34H,19-30H2,1-8H3. The van der Waals surface area contributed by atoms with Crippen LogP contribution in [0.4, 0.5) is 0 Å². The predicted molar refractivity (Wildman–Crippen MR) is 201 cm³/mol. The fourth-order valence-corrected chi connectivity index (χ4v) is 5.42. The molecule has 0 N–H and O–H groups in total. The predicted octanol–water partition coefficient (Wildman–Crippen LogP) is 9.16. The molecule has 0 spiro atoms. The number of hydrogen-bond donors (Lipinski definition) is 0. The van der Waals surface area contributed by atoms with Crippen LogP contribution < -0.4 is 18.9 Å². The zero-order valence-electron chi connectivity index (χ0n) is 31.8. The van der Waals surface area contributed by atoms with Gasteiger partial charge in [0.05, 0.1) is 52.9 Å². The van der Waals surface area contributed by atoms with E-state index >= 15 is 0 Å². The first-order valence-electron chi connectivity index (χ1n) is 18.4. The molecule has 278 valence electrons. The topological polar surface area (TPSA) is 73.8 Å². The van der Waals surface area contributed by atoms with Crippen LogP contribution in [0.1, 0.15) is 101 Å². The molecule has 8 heteroatoms. The van der Waals surface area contributed by atoms with Gasteiger partial charge in [-0.15, -0.1) is 0 Å². The van der Waals surface area contributed by atoms with Crippen molar-refractivity contribution in [2.75, 3.05) is 79.3 Å². The highest BCUT2D eigenvalue weighted by atomic mass is 16.6. The molecule has 0 fully saturated rings. The van der Waals surface area contributed by atoms with E-state index in [1.54, 1.807) is 0 Å². The lowest BCUT2D eigenvalue weighted by molar-refractivity contribution is 0.0268. The van der Waals surface area contributed by atoms with E-state index < -0.39 is 0 Å². The van der Waals surface area contributed by atoms with E-state index in [9.17, 15) is 0 Å². The van der Waals surface area contributed by atoms with Crippen molar-refractivity contribution in [3.8, 4) is 23.0 Å². The maximum atomic E-state index is 6.16. The maximum absolute atomic E-state index is 6.16. The van der Waals surface area contributed by atoms with Crippen LogP contribution in [0, 0.1) is 0 Å². The average Bonchev–Trinajstić information content (AvgIpc) is 3.10. The van der Waals surface area contributed by atoms with Gasteiger partial charge in [0.25, 0.3) is 0 Å². The summed E-state index contributed by atoms with van der Waals surface area (Å²) < 4.78 is 46.6. The van der Waals surface area contributed by atoms with Crippen LogP contribution in [0.3, 0.4) is 0 Å². The third-order valence-corrected chi connectivity index (χ3v) is 8.15. The van der Waals surface area contributed by atoms with Gasteiger partial charge in [-0.1, -0.05) is 91.8 Å². The average molecular weight is 695 g/mol. The van der Waals surface area contributed by atoms with Crippen molar-refractivity contribution in [2.24, 2.45) is 0 Å². The Kier molecular flexibility index (Phi) is 19.1. The minimum atomic E-state index is 0.406. The summed E-state index contributed by atoms with van der Waals surface area (Å²) in [5.74, 6) is 5.16. The Morgan fingerprint density at radius 2 is 0.560 bits per heavy atom. The monoisotopic (exact) mass is 694 g/mol. The maximum Gasteiger partial charge on any atom is 0.126 e. The number of rotatable bonds is 26. The molecule has 8 nitrogen and oxygen atoms in total. The van der Waals surface area contributed by atoms with Crippen molar-refractivity contribution in [2.45, 2.75) is 79.1 Å². The van der Waals surface area contributed by atoms with Crippen LogP contribution in [0.5, 0.6) is 23.0 Å². The second-order valence-electron chi connectivity index (χ2n) is 13.5. The van der Waals surface area contributed by atoms with Gasteiger partial charge in [-0.2, -0.15) is 0 Å². The summed E-state index contributed by atoms with van der Waals surface area (Å²) in [6, 6.07) is 20.4. The fourth-order valence-electron chi connectivity index (χ4n) is 5.42. The lowest BCUT2D eigenvalue weighted by atomic mass is 9.94. The Hall–Kier alpha value is -3.30. The summed E-state index contributed by atoms with van der Waals surface area (Å²) in [6.07, 6.45) is 0. The van der Waals surface area contributed by atoms with Gasteiger partial charge in [0, 0.05) is 0 Å². The van der Waals surface area contributed by atoms with Crippen LogP contribution in [-0.4, -0.2) is 79.3 Å². The first-order chi connectivity index (χ1) is 24.2. The molecule has 0 saturated heterocycles. The summed E-state index contributed by atoms with van der Waals surface area (Å²) >= 11 is 0. The van der Waals surface area contributed by atoms with Crippen LogP contribution in [0.2, 0.25) is 0 Å². The Morgan fingerprint density at radius 1 is 0.320 bits per heavy atom. The van der Waals surface area contributed by atoms with Gasteiger partial charge < -0.3 is 37.9 Å². The molecule has 0 bridgehead atoms. The summed E-state index contributed by atoms with van der Waals surface area (Å²) in [6.45, 7) is 23.5. The Balaban J connectivity index is 1.16.